The third-order valence-corrected chi connectivity index (χ3v) is 4.75. The number of benzene rings is 3. The first kappa shape index (κ1) is 12.7. The maximum absolute atomic E-state index is 6.84. The predicted molar refractivity (Wildman–Crippen MR) is 87.2 cm³/mol. The Morgan fingerprint density at radius 2 is 1.67 bits per heavy atom. The summed E-state index contributed by atoms with van der Waals surface area (Å²) in [5.74, 6) is 1.17. The van der Waals surface area contributed by atoms with Gasteiger partial charge in [-0.15, -0.1) is 11.6 Å². The van der Waals surface area contributed by atoms with Gasteiger partial charge in [0.15, 0.2) is 0 Å². The molecule has 3 aromatic rings. The molecule has 0 aliphatic carbocycles. The van der Waals surface area contributed by atoms with E-state index in [0.29, 0.717) is 6.61 Å². The third-order valence-electron chi connectivity index (χ3n) is 4.21. The SMILES string of the molecule is ClC(c1cccc2ccccc12)C1COc2ccccc21. The Hall–Kier alpha value is -1.99. The van der Waals surface area contributed by atoms with E-state index in [1.807, 2.05) is 18.2 Å². The second kappa shape index (κ2) is 5.09. The number of fused-ring (bicyclic) bond motifs is 2. The Morgan fingerprint density at radius 3 is 2.62 bits per heavy atom. The van der Waals surface area contributed by atoms with Crippen molar-refractivity contribution in [3.8, 4) is 5.75 Å². The van der Waals surface area contributed by atoms with Crippen LogP contribution in [0.2, 0.25) is 0 Å². The van der Waals surface area contributed by atoms with Crippen molar-refractivity contribution < 1.29 is 4.74 Å². The standard InChI is InChI=1S/C19H15ClO/c20-19(17-12-21-18-11-4-3-9-15(17)18)16-10-5-7-13-6-1-2-8-14(13)16/h1-11,17,19H,12H2. The fourth-order valence-electron chi connectivity index (χ4n) is 3.14. The van der Waals surface area contributed by atoms with Crippen molar-refractivity contribution in [1.29, 1.82) is 0 Å². The zero-order valence-electron chi connectivity index (χ0n) is 11.5. The highest BCUT2D eigenvalue weighted by Gasteiger charge is 2.31. The van der Waals surface area contributed by atoms with Gasteiger partial charge in [-0.1, -0.05) is 60.7 Å². The summed E-state index contributed by atoms with van der Waals surface area (Å²) in [6, 6.07) is 22.9. The van der Waals surface area contributed by atoms with E-state index in [0.717, 1.165) is 5.75 Å². The minimum Gasteiger partial charge on any atom is -0.493 e. The van der Waals surface area contributed by atoms with Gasteiger partial charge < -0.3 is 4.74 Å². The molecule has 0 saturated carbocycles. The Balaban J connectivity index is 1.80. The highest BCUT2D eigenvalue weighted by Crippen LogP contribution is 2.45. The van der Waals surface area contributed by atoms with Gasteiger partial charge >= 0.3 is 0 Å². The maximum atomic E-state index is 6.84. The summed E-state index contributed by atoms with van der Waals surface area (Å²) in [6.45, 7) is 0.650. The minimum absolute atomic E-state index is 0.0836. The van der Waals surface area contributed by atoms with Gasteiger partial charge in [-0.05, 0) is 22.4 Å². The molecule has 1 aliphatic rings. The summed E-state index contributed by atoms with van der Waals surface area (Å²) < 4.78 is 5.78. The van der Waals surface area contributed by atoms with Gasteiger partial charge in [0.1, 0.15) is 5.75 Å². The van der Waals surface area contributed by atoms with Gasteiger partial charge in [0.25, 0.3) is 0 Å². The molecule has 2 heteroatoms. The van der Waals surface area contributed by atoms with Crippen molar-refractivity contribution in [1.82, 2.24) is 0 Å². The van der Waals surface area contributed by atoms with Crippen LogP contribution >= 0.6 is 11.6 Å². The number of hydrogen-bond donors (Lipinski definition) is 0. The summed E-state index contributed by atoms with van der Waals surface area (Å²) >= 11 is 6.84. The fraction of sp³-hybridized carbons (Fsp3) is 0.158. The predicted octanol–water partition coefficient (Wildman–Crippen LogP) is 5.30. The largest absolute Gasteiger partial charge is 0.493 e. The maximum Gasteiger partial charge on any atom is 0.122 e. The zero-order valence-corrected chi connectivity index (χ0v) is 12.3. The molecule has 2 atom stereocenters. The van der Waals surface area contributed by atoms with Crippen molar-refractivity contribution in [2.24, 2.45) is 0 Å². The molecule has 0 bridgehead atoms. The lowest BCUT2D eigenvalue weighted by Gasteiger charge is -2.18. The molecule has 0 aromatic heterocycles. The van der Waals surface area contributed by atoms with Crippen molar-refractivity contribution in [2.75, 3.05) is 6.61 Å². The second-order valence-corrected chi connectivity index (χ2v) is 5.90. The van der Waals surface area contributed by atoms with Gasteiger partial charge in [0.2, 0.25) is 0 Å². The van der Waals surface area contributed by atoms with Crippen molar-refractivity contribution in [3.63, 3.8) is 0 Å². The molecule has 0 saturated heterocycles. The molecule has 0 spiro atoms. The number of para-hydroxylation sites is 1. The van der Waals surface area contributed by atoms with E-state index in [-0.39, 0.29) is 11.3 Å². The number of alkyl halides is 1. The van der Waals surface area contributed by atoms with Gasteiger partial charge in [-0.25, -0.2) is 0 Å². The lowest BCUT2D eigenvalue weighted by molar-refractivity contribution is 0.328. The van der Waals surface area contributed by atoms with Gasteiger partial charge in [-0.2, -0.15) is 0 Å². The number of hydrogen-bond acceptors (Lipinski definition) is 1. The molecular weight excluding hydrogens is 280 g/mol. The lowest BCUT2D eigenvalue weighted by Crippen LogP contribution is -2.08. The van der Waals surface area contributed by atoms with Crippen LogP contribution in [0, 0.1) is 0 Å². The van der Waals surface area contributed by atoms with E-state index in [1.165, 1.54) is 21.9 Å². The van der Waals surface area contributed by atoms with Gasteiger partial charge in [0.05, 0.1) is 12.0 Å². The summed E-state index contributed by atoms with van der Waals surface area (Å²) in [5, 5.41) is 2.37. The van der Waals surface area contributed by atoms with E-state index in [2.05, 4.69) is 48.5 Å². The highest BCUT2D eigenvalue weighted by molar-refractivity contribution is 6.22. The van der Waals surface area contributed by atoms with Crippen LogP contribution in [-0.2, 0) is 0 Å². The molecule has 0 amide bonds. The molecule has 0 N–H and O–H groups in total. The molecule has 2 unspecified atom stereocenters. The van der Waals surface area contributed by atoms with Crippen LogP contribution in [0.25, 0.3) is 10.8 Å². The van der Waals surface area contributed by atoms with E-state index in [4.69, 9.17) is 16.3 Å². The summed E-state index contributed by atoms with van der Waals surface area (Å²) in [6.07, 6.45) is 0. The molecule has 1 heterocycles. The third kappa shape index (κ3) is 2.09. The second-order valence-electron chi connectivity index (χ2n) is 5.43. The smallest absolute Gasteiger partial charge is 0.122 e. The first-order valence-electron chi connectivity index (χ1n) is 7.18. The number of ether oxygens (including phenoxy) is 1. The molecule has 0 fully saturated rings. The Morgan fingerprint density at radius 1 is 0.905 bits per heavy atom. The molecule has 4 rings (SSSR count). The molecule has 1 nitrogen and oxygen atoms in total. The fourth-order valence-corrected chi connectivity index (χ4v) is 3.54. The van der Waals surface area contributed by atoms with Crippen molar-refractivity contribution >= 4 is 22.4 Å². The topological polar surface area (TPSA) is 9.23 Å². The van der Waals surface area contributed by atoms with Crippen LogP contribution < -0.4 is 4.74 Å². The van der Waals surface area contributed by atoms with E-state index >= 15 is 0 Å². The quantitative estimate of drug-likeness (QED) is 0.583. The van der Waals surface area contributed by atoms with Crippen LogP contribution in [0.3, 0.4) is 0 Å². The monoisotopic (exact) mass is 294 g/mol. The Bertz CT molecular complexity index is 791. The van der Waals surface area contributed by atoms with E-state index in [1.54, 1.807) is 0 Å². The average molecular weight is 295 g/mol. The zero-order chi connectivity index (χ0) is 14.2. The molecule has 3 aromatic carbocycles. The summed E-state index contributed by atoms with van der Waals surface area (Å²) in [5.41, 5.74) is 2.39. The van der Waals surface area contributed by atoms with Crippen LogP contribution in [0.5, 0.6) is 5.75 Å². The van der Waals surface area contributed by atoms with Crippen LogP contribution in [0.1, 0.15) is 22.4 Å². The molecular formula is C19H15ClO. The molecule has 1 aliphatic heterocycles. The Kier molecular flexibility index (Phi) is 3.08. The van der Waals surface area contributed by atoms with Crippen LogP contribution in [0.15, 0.2) is 66.7 Å². The number of halogens is 1. The average Bonchev–Trinajstić information content (AvgIpc) is 2.98. The van der Waals surface area contributed by atoms with Crippen molar-refractivity contribution in [3.05, 3.63) is 77.9 Å². The highest BCUT2D eigenvalue weighted by atomic mass is 35.5. The minimum atomic E-state index is -0.0836. The summed E-state index contributed by atoms with van der Waals surface area (Å²) in [7, 11) is 0. The van der Waals surface area contributed by atoms with E-state index < -0.39 is 0 Å². The molecule has 21 heavy (non-hydrogen) atoms. The lowest BCUT2D eigenvalue weighted by atomic mass is 9.90. The van der Waals surface area contributed by atoms with Crippen molar-refractivity contribution in [2.45, 2.75) is 11.3 Å². The molecule has 0 radical (unpaired) electrons. The first-order chi connectivity index (χ1) is 10.3. The first-order valence-corrected chi connectivity index (χ1v) is 7.62. The van der Waals surface area contributed by atoms with Gasteiger partial charge in [-0.3, -0.25) is 0 Å². The van der Waals surface area contributed by atoms with Crippen LogP contribution in [-0.4, -0.2) is 6.61 Å². The molecule has 104 valence electrons. The number of rotatable bonds is 2. The Labute approximate surface area is 129 Å². The van der Waals surface area contributed by atoms with E-state index in [9.17, 15) is 0 Å². The normalized spacial score (nSPS) is 18.2. The summed E-state index contributed by atoms with van der Waals surface area (Å²) in [4.78, 5) is 0. The van der Waals surface area contributed by atoms with Crippen LogP contribution in [0.4, 0.5) is 0 Å². The van der Waals surface area contributed by atoms with Gasteiger partial charge in [0, 0.05) is 11.5 Å².